The topological polar surface area (TPSA) is 78.8 Å². The molecule has 0 saturated carbocycles. The lowest BCUT2D eigenvalue weighted by Gasteiger charge is -2.20. The summed E-state index contributed by atoms with van der Waals surface area (Å²) in [4.78, 5) is 12.2. The summed E-state index contributed by atoms with van der Waals surface area (Å²) in [7, 11) is -0.257. The molecular formula is C15H16BNO4. The van der Waals surface area contributed by atoms with Crippen molar-refractivity contribution in [2.75, 3.05) is 7.11 Å². The van der Waals surface area contributed by atoms with Gasteiger partial charge in [0.1, 0.15) is 5.75 Å². The van der Waals surface area contributed by atoms with Crippen LogP contribution in [0.5, 0.6) is 5.75 Å². The molecule has 0 heterocycles. The van der Waals surface area contributed by atoms with Crippen LogP contribution in [-0.4, -0.2) is 30.2 Å². The third-order valence-corrected chi connectivity index (χ3v) is 3.09. The molecule has 0 saturated heterocycles. The summed E-state index contributed by atoms with van der Waals surface area (Å²) in [5, 5.41) is 21.7. The van der Waals surface area contributed by atoms with Gasteiger partial charge >= 0.3 is 7.12 Å². The molecular weight excluding hydrogens is 269 g/mol. The average Bonchev–Trinajstić information content (AvgIpc) is 2.53. The molecule has 21 heavy (non-hydrogen) atoms. The minimum Gasteiger partial charge on any atom is -0.496 e. The highest BCUT2D eigenvalue weighted by molar-refractivity contribution is 6.43. The molecule has 2 aromatic carbocycles. The predicted molar refractivity (Wildman–Crippen MR) is 79.8 cm³/mol. The Morgan fingerprint density at radius 3 is 2.33 bits per heavy atom. The molecule has 2 aromatic rings. The maximum Gasteiger partial charge on any atom is 0.480 e. The van der Waals surface area contributed by atoms with Crippen LogP contribution in [0.4, 0.5) is 0 Å². The van der Waals surface area contributed by atoms with Crippen LogP contribution < -0.4 is 10.1 Å². The van der Waals surface area contributed by atoms with Gasteiger partial charge in [0.15, 0.2) is 0 Å². The van der Waals surface area contributed by atoms with E-state index in [4.69, 9.17) is 4.74 Å². The fourth-order valence-corrected chi connectivity index (χ4v) is 2.05. The van der Waals surface area contributed by atoms with Crippen LogP contribution in [0.2, 0.25) is 0 Å². The lowest BCUT2D eigenvalue weighted by Crippen LogP contribution is -2.39. The highest BCUT2D eigenvalue weighted by Gasteiger charge is 2.29. The van der Waals surface area contributed by atoms with Crippen molar-refractivity contribution in [1.29, 1.82) is 0 Å². The van der Waals surface area contributed by atoms with E-state index in [1.807, 2.05) is 0 Å². The molecule has 0 aliphatic carbocycles. The predicted octanol–water partition coefficient (Wildman–Crippen LogP) is 1.18. The van der Waals surface area contributed by atoms with Gasteiger partial charge in [-0.2, -0.15) is 0 Å². The van der Waals surface area contributed by atoms with Gasteiger partial charge in [0.2, 0.25) is 0 Å². The Morgan fingerprint density at radius 2 is 1.71 bits per heavy atom. The highest BCUT2D eigenvalue weighted by atomic mass is 16.5. The number of para-hydroxylation sites is 1. The van der Waals surface area contributed by atoms with Crippen molar-refractivity contribution >= 4 is 13.0 Å². The summed E-state index contributed by atoms with van der Waals surface area (Å²) in [6.45, 7) is 0. The van der Waals surface area contributed by atoms with Crippen molar-refractivity contribution in [3.05, 3.63) is 65.7 Å². The highest BCUT2D eigenvalue weighted by Crippen LogP contribution is 2.25. The van der Waals surface area contributed by atoms with Crippen LogP contribution >= 0.6 is 0 Å². The molecule has 0 radical (unpaired) electrons. The standard InChI is InChI=1S/C15H16BNO4/c1-21-13-10-6-5-9-12(13)14(16(19)20)17-15(18)11-7-3-2-4-8-11/h2-10,14,19-20H,1H3,(H,17,18). The van der Waals surface area contributed by atoms with Crippen LogP contribution in [-0.2, 0) is 0 Å². The van der Waals surface area contributed by atoms with Gasteiger partial charge in [0.05, 0.1) is 13.1 Å². The summed E-state index contributed by atoms with van der Waals surface area (Å²) in [6.07, 6.45) is 0. The Kier molecular flexibility index (Phi) is 4.97. The Labute approximate surface area is 123 Å². The van der Waals surface area contributed by atoms with Gasteiger partial charge < -0.3 is 20.1 Å². The summed E-state index contributed by atoms with van der Waals surface area (Å²) in [5.41, 5.74) is 0.942. The molecule has 1 atom stereocenters. The molecule has 5 nitrogen and oxygen atoms in total. The van der Waals surface area contributed by atoms with E-state index < -0.39 is 13.1 Å². The molecule has 2 rings (SSSR count). The first kappa shape index (κ1) is 15.1. The second-order valence-corrected chi connectivity index (χ2v) is 4.47. The largest absolute Gasteiger partial charge is 0.496 e. The Morgan fingerprint density at radius 1 is 1.10 bits per heavy atom. The third-order valence-electron chi connectivity index (χ3n) is 3.09. The molecule has 0 bridgehead atoms. The first-order valence-electron chi connectivity index (χ1n) is 6.48. The molecule has 0 fully saturated rings. The number of hydrogen-bond donors (Lipinski definition) is 3. The normalized spacial score (nSPS) is 11.6. The van der Waals surface area contributed by atoms with E-state index in [0.717, 1.165) is 0 Å². The molecule has 1 amide bonds. The van der Waals surface area contributed by atoms with E-state index in [1.165, 1.54) is 7.11 Å². The van der Waals surface area contributed by atoms with Gasteiger partial charge in [-0.05, 0) is 18.2 Å². The molecule has 0 spiro atoms. The molecule has 0 aliphatic rings. The van der Waals surface area contributed by atoms with Gasteiger partial charge in [-0.25, -0.2) is 0 Å². The number of carbonyl (C=O) groups excluding carboxylic acids is 1. The number of rotatable bonds is 5. The maximum atomic E-state index is 12.2. The smallest absolute Gasteiger partial charge is 0.480 e. The van der Waals surface area contributed by atoms with Crippen LogP contribution in [0.3, 0.4) is 0 Å². The molecule has 1 unspecified atom stereocenters. The van der Waals surface area contributed by atoms with Gasteiger partial charge in [0.25, 0.3) is 5.91 Å². The van der Waals surface area contributed by atoms with Gasteiger partial charge in [-0.3, -0.25) is 4.79 Å². The summed E-state index contributed by atoms with van der Waals surface area (Å²) in [6, 6.07) is 15.5. The van der Waals surface area contributed by atoms with E-state index in [1.54, 1.807) is 54.6 Å². The maximum absolute atomic E-state index is 12.2. The number of carbonyl (C=O) groups is 1. The summed E-state index contributed by atoms with van der Waals surface area (Å²) in [5.74, 6) is -0.891. The summed E-state index contributed by atoms with van der Waals surface area (Å²) < 4.78 is 5.19. The minimum atomic E-state index is -1.74. The first-order valence-corrected chi connectivity index (χ1v) is 6.48. The Hall–Kier alpha value is -2.31. The van der Waals surface area contributed by atoms with E-state index in [9.17, 15) is 14.8 Å². The van der Waals surface area contributed by atoms with Crippen molar-refractivity contribution < 1.29 is 19.6 Å². The molecule has 0 aromatic heterocycles. The Balaban J connectivity index is 2.26. The number of ether oxygens (including phenoxy) is 1. The quantitative estimate of drug-likeness (QED) is 0.721. The second-order valence-electron chi connectivity index (χ2n) is 4.47. The van der Waals surface area contributed by atoms with E-state index >= 15 is 0 Å². The number of methoxy groups -OCH3 is 1. The van der Waals surface area contributed by atoms with E-state index in [-0.39, 0.29) is 5.91 Å². The van der Waals surface area contributed by atoms with Crippen molar-refractivity contribution in [2.24, 2.45) is 0 Å². The molecule has 6 heteroatoms. The van der Waals surface area contributed by atoms with Crippen molar-refractivity contribution in [2.45, 2.75) is 5.94 Å². The van der Waals surface area contributed by atoms with Crippen LogP contribution in [0.15, 0.2) is 54.6 Å². The minimum absolute atomic E-state index is 0.389. The average molecular weight is 285 g/mol. The fraction of sp³-hybridized carbons (Fsp3) is 0.133. The van der Waals surface area contributed by atoms with E-state index in [0.29, 0.717) is 16.9 Å². The third kappa shape index (κ3) is 3.62. The lowest BCUT2D eigenvalue weighted by atomic mass is 9.74. The number of nitrogens with one attached hydrogen (secondary N) is 1. The monoisotopic (exact) mass is 285 g/mol. The Bertz CT molecular complexity index is 604. The van der Waals surface area contributed by atoms with Crippen LogP contribution in [0.25, 0.3) is 0 Å². The fourth-order valence-electron chi connectivity index (χ4n) is 2.05. The van der Waals surface area contributed by atoms with Gasteiger partial charge in [-0.1, -0.05) is 36.4 Å². The molecule has 3 N–H and O–H groups in total. The summed E-state index contributed by atoms with van der Waals surface area (Å²) >= 11 is 0. The van der Waals surface area contributed by atoms with Crippen molar-refractivity contribution in [1.82, 2.24) is 5.32 Å². The second kappa shape index (κ2) is 6.92. The zero-order valence-electron chi connectivity index (χ0n) is 11.6. The molecule has 0 aliphatic heterocycles. The first-order chi connectivity index (χ1) is 10.1. The molecule has 108 valence electrons. The van der Waals surface area contributed by atoms with Crippen LogP contribution in [0, 0.1) is 0 Å². The zero-order chi connectivity index (χ0) is 15.2. The number of hydrogen-bond acceptors (Lipinski definition) is 4. The lowest BCUT2D eigenvalue weighted by molar-refractivity contribution is 0.0941. The van der Waals surface area contributed by atoms with Gasteiger partial charge in [-0.15, -0.1) is 0 Å². The number of benzene rings is 2. The van der Waals surface area contributed by atoms with Crippen LogP contribution in [0.1, 0.15) is 21.9 Å². The SMILES string of the molecule is COc1ccccc1C(NC(=O)c1ccccc1)B(O)O. The van der Waals surface area contributed by atoms with Gasteiger partial charge in [0, 0.05) is 11.1 Å². The zero-order valence-corrected chi connectivity index (χ0v) is 11.6. The number of amides is 1. The van der Waals surface area contributed by atoms with Crippen molar-refractivity contribution in [3.8, 4) is 5.75 Å². The van der Waals surface area contributed by atoms with Crippen molar-refractivity contribution in [3.63, 3.8) is 0 Å². The van der Waals surface area contributed by atoms with E-state index in [2.05, 4.69) is 5.32 Å².